The summed E-state index contributed by atoms with van der Waals surface area (Å²) < 4.78 is 12.9. The minimum absolute atomic E-state index is 0.132. The van der Waals surface area contributed by atoms with Crippen molar-refractivity contribution < 1.29 is 14.0 Å². The molecule has 1 fully saturated rings. The summed E-state index contributed by atoms with van der Waals surface area (Å²) >= 11 is 0. The van der Waals surface area contributed by atoms with Crippen molar-refractivity contribution in [3.05, 3.63) is 65.5 Å². The molecule has 2 aromatic carbocycles. The summed E-state index contributed by atoms with van der Waals surface area (Å²) in [6.45, 7) is 2.55. The molecule has 0 aromatic heterocycles. The fourth-order valence-electron chi connectivity index (χ4n) is 2.84. The van der Waals surface area contributed by atoms with Crippen LogP contribution in [0.25, 0.3) is 0 Å². The molecule has 1 saturated heterocycles. The molecular formula is C20H20FN3O2. The largest absolute Gasteiger partial charge is 0.312 e. The van der Waals surface area contributed by atoms with Crippen molar-refractivity contribution in [2.24, 2.45) is 5.10 Å². The molecule has 0 saturated carbocycles. The number of hydrazone groups is 1. The lowest BCUT2D eigenvalue weighted by atomic mass is 10.1. The Bertz CT molecular complexity index is 829. The van der Waals surface area contributed by atoms with E-state index in [1.807, 2.05) is 24.3 Å². The minimum atomic E-state index is -0.331. The van der Waals surface area contributed by atoms with E-state index in [4.69, 9.17) is 0 Å². The molecule has 0 aliphatic carbocycles. The molecule has 134 valence electrons. The highest BCUT2D eigenvalue weighted by atomic mass is 19.1. The molecule has 0 unspecified atom stereocenters. The predicted molar refractivity (Wildman–Crippen MR) is 98.5 cm³/mol. The number of nitrogens with zero attached hydrogens (tertiary/aromatic N) is 2. The average Bonchev–Trinajstić information content (AvgIpc) is 3.08. The lowest BCUT2D eigenvalue weighted by Gasteiger charge is -2.15. The van der Waals surface area contributed by atoms with Gasteiger partial charge in [-0.25, -0.2) is 9.82 Å². The number of rotatable bonds is 5. The molecule has 1 heterocycles. The number of carbonyl (C=O) groups excluding carboxylic acids is 2. The molecule has 0 radical (unpaired) electrons. The van der Waals surface area contributed by atoms with Crippen LogP contribution in [0.4, 0.5) is 10.1 Å². The van der Waals surface area contributed by atoms with E-state index in [2.05, 4.69) is 10.5 Å². The van der Waals surface area contributed by atoms with Crippen LogP contribution in [0, 0.1) is 5.82 Å². The molecule has 0 atom stereocenters. The second-order valence-electron chi connectivity index (χ2n) is 6.23. The Kier molecular flexibility index (Phi) is 5.41. The molecule has 2 amide bonds. The van der Waals surface area contributed by atoms with Gasteiger partial charge in [-0.2, -0.15) is 5.10 Å². The Morgan fingerprint density at radius 3 is 2.46 bits per heavy atom. The van der Waals surface area contributed by atoms with E-state index in [0.717, 1.165) is 29.8 Å². The van der Waals surface area contributed by atoms with Gasteiger partial charge in [0.1, 0.15) is 5.82 Å². The number of carbonyl (C=O) groups is 2. The SMILES string of the molecule is C/C(=N/NC(=O)Cc1ccc(F)cc1)c1ccc(N2CCCC2=O)cc1. The summed E-state index contributed by atoms with van der Waals surface area (Å²) in [6.07, 6.45) is 1.62. The van der Waals surface area contributed by atoms with E-state index in [0.29, 0.717) is 12.1 Å². The number of hydrogen-bond donors (Lipinski definition) is 1. The fourth-order valence-corrected chi connectivity index (χ4v) is 2.84. The van der Waals surface area contributed by atoms with Crippen molar-refractivity contribution >= 4 is 23.2 Å². The first kappa shape index (κ1) is 17.8. The Balaban J connectivity index is 1.59. The fraction of sp³-hybridized carbons (Fsp3) is 0.250. The number of halogens is 1. The van der Waals surface area contributed by atoms with E-state index >= 15 is 0 Å². The third kappa shape index (κ3) is 4.33. The van der Waals surface area contributed by atoms with Gasteiger partial charge in [0.05, 0.1) is 12.1 Å². The first-order valence-electron chi connectivity index (χ1n) is 8.51. The van der Waals surface area contributed by atoms with Crippen LogP contribution in [-0.2, 0) is 16.0 Å². The standard InChI is InChI=1S/C20H20FN3O2/c1-14(22-23-19(25)13-15-4-8-17(21)9-5-15)16-6-10-18(11-7-16)24-12-2-3-20(24)26/h4-11H,2-3,12-13H2,1H3,(H,23,25)/b22-14-. The number of anilines is 1. The highest BCUT2D eigenvalue weighted by Gasteiger charge is 2.21. The number of benzene rings is 2. The summed E-state index contributed by atoms with van der Waals surface area (Å²) in [5.74, 6) is -0.450. The zero-order valence-corrected chi connectivity index (χ0v) is 14.5. The van der Waals surface area contributed by atoms with E-state index in [1.165, 1.54) is 12.1 Å². The van der Waals surface area contributed by atoms with Crippen molar-refractivity contribution in [1.82, 2.24) is 5.43 Å². The number of amides is 2. The topological polar surface area (TPSA) is 61.8 Å². The molecule has 0 spiro atoms. The van der Waals surface area contributed by atoms with Gasteiger partial charge in [-0.1, -0.05) is 24.3 Å². The molecule has 2 aromatic rings. The van der Waals surface area contributed by atoms with Crippen molar-refractivity contribution in [1.29, 1.82) is 0 Å². The molecule has 3 rings (SSSR count). The van der Waals surface area contributed by atoms with E-state index in [9.17, 15) is 14.0 Å². The molecule has 5 nitrogen and oxygen atoms in total. The lowest BCUT2D eigenvalue weighted by molar-refractivity contribution is -0.120. The summed E-state index contributed by atoms with van der Waals surface area (Å²) in [4.78, 5) is 25.5. The molecule has 1 N–H and O–H groups in total. The van der Waals surface area contributed by atoms with Crippen molar-refractivity contribution in [3.63, 3.8) is 0 Å². The zero-order chi connectivity index (χ0) is 18.5. The second-order valence-corrected chi connectivity index (χ2v) is 6.23. The Morgan fingerprint density at radius 1 is 1.15 bits per heavy atom. The van der Waals surface area contributed by atoms with Gasteiger partial charge < -0.3 is 4.90 Å². The van der Waals surface area contributed by atoms with Gasteiger partial charge in [0.15, 0.2) is 0 Å². The normalized spacial score (nSPS) is 14.6. The van der Waals surface area contributed by atoms with Crippen LogP contribution < -0.4 is 10.3 Å². The molecule has 1 aliphatic rings. The third-order valence-corrected chi connectivity index (χ3v) is 4.30. The van der Waals surface area contributed by atoms with Crippen LogP contribution >= 0.6 is 0 Å². The van der Waals surface area contributed by atoms with Gasteiger partial charge in [0, 0.05) is 18.7 Å². The second kappa shape index (κ2) is 7.91. The van der Waals surface area contributed by atoms with Crippen LogP contribution in [0.5, 0.6) is 0 Å². The van der Waals surface area contributed by atoms with Gasteiger partial charge in [0.2, 0.25) is 11.8 Å². The van der Waals surface area contributed by atoms with E-state index in [1.54, 1.807) is 24.0 Å². The third-order valence-electron chi connectivity index (χ3n) is 4.30. The highest BCUT2D eigenvalue weighted by Crippen LogP contribution is 2.21. The zero-order valence-electron chi connectivity index (χ0n) is 14.5. The van der Waals surface area contributed by atoms with E-state index < -0.39 is 0 Å². The molecule has 26 heavy (non-hydrogen) atoms. The maximum absolute atomic E-state index is 12.9. The maximum atomic E-state index is 12.9. The first-order valence-corrected chi connectivity index (χ1v) is 8.51. The van der Waals surface area contributed by atoms with Gasteiger partial charge in [-0.15, -0.1) is 0 Å². The van der Waals surface area contributed by atoms with Crippen LogP contribution in [0.15, 0.2) is 53.6 Å². The first-order chi connectivity index (χ1) is 12.5. The van der Waals surface area contributed by atoms with Crippen molar-refractivity contribution in [2.75, 3.05) is 11.4 Å². The minimum Gasteiger partial charge on any atom is -0.312 e. The van der Waals surface area contributed by atoms with Gasteiger partial charge in [0.25, 0.3) is 0 Å². The lowest BCUT2D eigenvalue weighted by Crippen LogP contribution is -2.23. The molecule has 0 bridgehead atoms. The quantitative estimate of drug-likeness (QED) is 0.663. The maximum Gasteiger partial charge on any atom is 0.244 e. The predicted octanol–water partition coefficient (Wildman–Crippen LogP) is 3.04. The number of hydrogen-bond acceptors (Lipinski definition) is 3. The molecular weight excluding hydrogens is 333 g/mol. The molecule has 6 heteroatoms. The van der Waals surface area contributed by atoms with Crippen molar-refractivity contribution in [2.45, 2.75) is 26.2 Å². The Hall–Kier alpha value is -3.02. The van der Waals surface area contributed by atoms with Crippen molar-refractivity contribution in [3.8, 4) is 0 Å². The van der Waals surface area contributed by atoms with Crippen LogP contribution in [-0.4, -0.2) is 24.1 Å². The smallest absolute Gasteiger partial charge is 0.244 e. The monoisotopic (exact) mass is 353 g/mol. The number of nitrogens with one attached hydrogen (secondary N) is 1. The van der Waals surface area contributed by atoms with Crippen LogP contribution in [0.2, 0.25) is 0 Å². The Morgan fingerprint density at radius 2 is 1.85 bits per heavy atom. The van der Waals surface area contributed by atoms with E-state index in [-0.39, 0.29) is 24.1 Å². The Labute approximate surface area is 151 Å². The summed E-state index contributed by atoms with van der Waals surface area (Å²) in [5.41, 5.74) is 5.64. The summed E-state index contributed by atoms with van der Waals surface area (Å²) in [5, 5.41) is 4.11. The van der Waals surface area contributed by atoms with Crippen LogP contribution in [0.3, 0.4) is 0 Å². The van der Waals surface area contributed by atoms with Gasteiger partial charge in [-0.05, 0) is 48.7 Å². The summed E-state index contributed by atoms with van der Waals surface area (Å²) in [7, 11) is 0. The van der Waals surface area contributed by atoms with Gasteiger partial charge in [-0.3, -0.25) is 9.59 Å². The molecule has 1 aliphatic heterocycles. The van der Waals surface area contributed by atoms with Crippen LogP contribution in [0.1, 0.15) is 30.9 Å². The summed E-state index contributed by atoms with van der Waals surface area (Å²) in [6, 6.07) is 13.3. The van der Waals surface area contributed by atoms with Gasteiger partial charge >= 0.3 is 0 Å². The highest BCUT2D eigenvalue weighted by molar-refractivity contribution is 6.00. The average molecular weight is 353 g/mol.